The van der Waals surface area contributed by atoms with Gasteiger partial charge < -0.3 is 5.84 Å². The molecule has 0 aliphatic heterocycles. The van der Waals surface area contributed by atoms with Crippen LogP contribution in [0.15, 0.2) is 5.10 Å². The molecule has 0 amide bonds. The zero-order chi connectivity index (χ0) is 8.85. The Balaban J connectivity index is 4.09. The summed E-state index contributed by atoms with van der Waals surface area (Å²) < 4.78 is 0. The van der Waals surface area contributed by atoms with Crippen molar-refractivity contribution in [3.05, 3.63) is 0 Å². The first-order chi connectivity index (χ1) is 5.17. The highest BCUT2D eigenvalue weighted by Crippen LogP contribution is 2.03. The third-order valence-electron chi connectivity index (χ3n) is 1.54. The highest BCUT2D eigenvalue weighted by molar-refractivity contribution is 8.13. The summed E-state index contributed by atoms with van der Waals surface area (Å²) in [5.41, 5.74) is 0. The maximum Gasteiger partial charge on any atom is 0.196 e. The summed E-state index contributed by atoms with van der Waals surface area (Å²) in [5, 5.41) is 8.40. The highest BCUT2D eigenvalue weighted by atomic mass is 32.2. The molecular weight excluding hydrogens is 160 g/mol. The van der Waals surface area contributed by atoms with Crippen LogP contribution in [0.5, 0.6) is 0 Å². The summed E-state index contributed by atoms with van der Waals surface area (Å²) in [7, 11) is 3.92. The second-order valence-corrected chi connectivity index (χ2v) is 2.89. The van der Waals surface area contributed by atoms with Crippen molar-refractivity contribution >= 4 is 16.9 Å². The van der Waals surface area contributed by atoms with Crippen molar-refractivity contribution in [2.45, 2.75) is 6.92 Å². The summed E-state index contributed by atoms with van der Waals surface area (Å²) in [4.78, 5) is 0. The van der Waals surface area contributed by atoms with Gasteiger partial charge in [0, 0.05) is 20.6 Å². The molecule has 0 aliphatic rings. The molecule has 66 valence electrons. The molecule has 5 heteroatoms. The fourth-order valence-electron chi connectivity index (χ4n) is 0.627. The van der Waals surface area contributed by atoms with E-state index in [0.29, 0.717) is 0 Å². The topological polar surface area (TPSA) is 44.9 Å². The Morgan fingerprint density at radius 1 is 1.55 bits per heavy atom. The van der Waals surface area contributed by atoms with Crippen molar-refractivity contribution in [1.82, 2.24) is 10.0 Å². The third kappa shape index (κ3) is 2.98. The van der Waals surface area contributed by atoms with E-state index in [4.69, 9.17) is 5.84 Å². The normalized spacial score (nSPS) is 12.3. The minimum atomic E-state index is 0.814. The van der Waals surface area contributed by atoms with E-state index in [1.165, 1.54) is 11.8 Å². The molecule has 0 aromatic carbocycles. The van der Waals surface area contributed by atoms with E-state index in [0.717, 1.165) is 11.7 Å². The van der Waals surface area contributed by atoms with Crippen LogP contribution >= 0.6 is 11.8 Å². The van der Waals surface area contributed by atoms with E-state index < -0.39 is 0 Å². The van der Waals surface area contributed by atoms with E-state index in [9.17, 15) is 0 Å². The maximum atomic E-state index is 5.18. The average molecular weight is 176 g/mol. The predicted molar refractivity (Wildman–Crippen MR) is 51.2 cm³/mol. The molecule has 0 radical (unpaired) electrons. The molecule has 2 N–H and O–H groups in total. The molecule has 0 aromatic rings. The second kappa shape index (κ2) is 5.26. The standard InChI is InChI=1S/C6H16N4S/c1-5-9(2)10(3)6(8-7)11-4/h5,7H2,1-4H3/b8-6+. The largest absolute Gasteiger partial charge is 0.321 e. The number of hydrogen-bond donors (Lipinski definition) is 1. The Hall–Kier alpha value is -0.420. The summed E-state index contributed by atoms with van der Waals surface area (Å²) in [5.74, 6) is 5.18. The molecule has 0 spiro atoms. The molecule has 0 atom stereocenters. The van der Waals surface area contributed by atoms with Gasteiger partial charge in [-0.3, -0.25) is 5.01 Å². The lowest BCUT2D eigenvalue weighted by atomic mass is 10.7. The minimum Gasteiger partial charge on any atom is -0.321 e. The van der Waals surface area contributed by atoms with Crippen molar-refractivity contribution in [3.63, 3.8) is 0 Å². The summed E-state index contributed by atoms with van der Waals surface area (Å²) in [6.07, 6.45) is 1.95. The molecule has 0 aromatic heterocycles. The van der Waals surface area contributed by atoms with Gasteiger partial charge in [0.05, 0.1) is 0 Å². The van der Waals surface area contributed by atoms with Gasteiger partial charge in [-0.2, -0.15) is 5.10 Å². The van der Waals surface area contributed by atoms with Crippen molar-refractivity contribution in [2.75, 3.05) is 26.9 Å². The van der Waals surface area contributed by atoms with Crippen LogP contribution in [0.3, 0.4) is 0 Å². The lowest BCUT2D eigenvalue weighted by molar-refractivity contribution is 0.117. The van der Waals surface area contributed by atoms with Crippen LogP contribution in [-0.2, 0) is 0 Å². The van der Waals surface area contributed by atoms with E-state index in [2.05, 4.69) is 12.0 Å². The van der Waals surface area contributed by atoms with Gasteiger partial charge in [0.2, 0.25) is 0 Å². The summed E-state index contributed by atoms with van der Waals surface area (Å²) in [6.45, 7) is 3.01. The fourth-order valence-corrected chi connectivity index (χ4v) is 1.14. The minimum absolute atomic E-state index is 0.814. The van der Waals surface area contributed by atoms with Crippen molar-refractivity contribution in [3.8, 4) is 0 Å². The summed E-state index contributed by atoms with van der Waals surface area (Å²) >= 11 is 1.53. The molecular formula is C6H16N4S. The van der Waals surface area contributed by atoms with Crippen LogP contribution in [0.25, 0.3) is 0 Å². The monoisotopic (exact) mass is 176 g/mol. The molecule has 0 fully saturated rings. The Bertz CT molecular complexity index is 137. The SMILES string of the molecule is CCN(C)N(C)/C(=N\N)SC. The predicted octanol–water partition coefficient (Wildman–Crippen LogP) is 0.378. The van der Waals surface area contributed by atoms with Gasteiger partial charge in [-0.1, -0.05) is 18.7 Å². The number of nitrogens with zero attached hydrogens (tertiary/aromatic N) is 3. The molecule has 0 bridgehead atoms. The van der Waals surface area contributed by atoms with Crippen LogP contribution in [0.2, 0.25) is 0 Å². The maximum absolute atomic E-state index is 5.18. The quantitative estimate of drug-likeness (QED) is 0.286. The average Bonchev–Trinajstić information content (AvgIpc) is 2.05. The first-order valence-corrected chi connectivity index (χ1v) is 4.66. The molecule has 0 saturated heterocycles. The highest BCUT2D eigenvalue weighted by Gasteiger charge is 2.07. The number of hydrazone groups is 1. The van der Waals surface area contributed by atoms with Crippen LogP contribution in [0, 0.1) is 0 Å². The van der Waals surface area contributed by atoms with Gasteiger partial charge >= 0.3 is 0 Å². The number of hydrazine groups is 1. The van der Waals surface area contributed by atoms with Gasteiger partial charge in [-0.05, 0) is 6.26 Å². The Morgan fingerprint density at radius 3 is 2.36 bits per heavy atom. The summed E-state index contributed by atoms with van der Waals surface area (Å²) in [6, 6.07) is 0. The van der Waals surface area contributed by atoms with E-state index in [-0.39, 0.29) is 0 Å². The van der Waals surface area contributed by atoms with Gasteiger partial charge in [-0.25, -0.2) is 5.01 Å². The number of nitrogens with two attached hydrogens (primary N) is 1. The van der Waals surface area contributed by atoms with E-state index in [1.807, 2.05) is 30.4 Å². The van der Waals surface area contributed by atoms with Crippen LogP contribution in [0.1, 0.15) is 6.92 Å². The third-order valence-corrected chi connectivity index (χ3v) is 2.27. The molecule has 0 unspecified atom stereocenters. The number of amidine groups is 1. The van der Waals surface area contributed by atoms with Crippen LogP contribution < -0.4 is 5.84 Å². The lowest BCUT2D eigenvalue weighted by Crippen LogP contribution is -2.40. The molecule has 0 saturated carbocycles. The van der Waals surface area contributed by atoms with Gasteiger partial charge in [-0.15, -0.1) is 0 Å². The molecule has 0 heterocycles. The Kier molecular flexibility index (Phi) is 5.06. The number of rotatable bonds is 2. The van der Waals surface area contributed by atoms with Gasteiger partial charge in [0.25, 0.3) is 0 Å². The first kappa shape index (κ1) is 10.6. The fraction of sp³-hybridized carbons (Fsp3) is 0.833. The molecule has 4 nitrogen and oxygen atoms in total. The Labute approximate surface area is 72.4 Å². The van der Waals surface area contributed by atoms with Crippen molar-refractivity contribution in [1.29, 1.82) is 0 Å². The smallest absolute Gasteiger partial charge is 0.196 e. The molecule has 11 heavy (non-hydrogen) atoms. The lowest BCUT2D eigenvalue weighted by Gasteiger charge is -2.28. The van der Waals surface area contributed by atoms with E-state index in [1.54, 1.807) is 0 Å². The van der Waals surface area contributed by atoms with E-state index >= 15 is 0 Å². The second-order valence-electron chi connectivity index (χ2n) is 2.11. The van der Waals surface area contributed by atoms with Crippen molar-refractivity contribution in [2.24, 2.45) is 10.9 Å². The Morgan fingerprint density at radius 2 is 2.09 bits per heavy atom. The van der Waals surface area contributed by atoms with Crippen LogP contribution in [-0.4, -0.2) is 42.1 Å². The van der Waals surface area contributed by atoms with Gasteiger partial charge in [0.1, 0.15) is 0 Å². The molecule has 0 aliphatic carbocycles. The number of hydrogen-bond acceptors (Lipinski definition) is 4. The van der Waals surface area contributed by atoms with Gasteiger partial charge in [0.15, 0.2) is 5.17 Å². The van der Waals surface area contributed by atoms with Crippen molar-refractivity contribution < 1.29 is 0 Å². The first-order valence-electron chi connectivity index (χ1n) is 3.44. The number of thioether (sulfide) groups is 1. The zero-order valence-corrected chi connectivity index (χ0v) is 8.35. The zero-order valence-electron chi connectivity index (χ0n) is 7.53. The molecule has 0 rings (SSSR count). The van der Waals surface area contributed by atoms with Crippen LogP contribution in [0.4, 0.5) is 0 Å².